The third-order valence-corrected chi connectivity index (χ3v) is 7.02. The van der Waals surface area contributed by atoms with Crippen LogP contribution in [0.3, 0.4) is 0 Å². The first-order valence-corrected chi connectivity index (χ1v) is 10.9. The Bertz CT molecular complexity index is 964. The molecular weight excluding hydrogens is 354 g/mol. The predicted molar refractivity (Wildman–Crippen MR) is 109 cm³/mol. The van der Waals surface area contributed by atoms with Gasteiger partial charge in [-0.25, -0.2) is 0 Å². The molecule has 0 N–H and O–H groups in total. The maximum absolute atomic E-state index is 13.4. The van der Waals surface area contributed by atoms with Gasteiger partial charge in [0.1, 0.15) is 4.83 Å². The van der Waals surface area contributed by atoms with E-state index in [4.69, 9.17) is 5.10 Å². The fraction of sp³-hybridized carbons (Fsp3) is 0.455. The van der Waals surface area contributed by atoms with Crippen LogP contribution in [0.1, 0.15) is 59.5 Å². The van der Waals surface area contributed by atoms with E-state index >= 15 is 0 Å². The van der Waals surface area contributed by atoms with Gasteiger partial charge in [0.2, 0.25) is 0 Å². The first kappa shape index (κ1) is 17.0. The normalized spacial score (nSPS) is 17.7. The molecule has 0 bridgehead atoms. The van der Waals surface area contributed by atoms with Crippen molar-refractivity contribution in [2.45, 2.75) is 64.1 Å². The predicted octanol–water partition coefficient (Wildman–Crippen LogP) is 5.00. The van der Waals surface area contributed by atoms with Crippen LogP contribution < -0.4 is 0 Å². The maximum atomic E-state index is 13.4. The summed E-state index contributed by atoms with van der Waals surface area (Å²) in [6, 6.07) is 13.4. The van der Waals surface area contributed by atoms with Crippen LogP contribution in [0.5, 0.6) is 0 Å². The number of aromatic nitrogens is 2. The molecule has 0 aliphatic heterocycles. The zero-order valence-corrected chi connectivity index (χ0v) is 16.5. The van der Waals surface area contributed by atoms with Crippen LogP contribution in [0.2, 0.25) is 0 Å². The van der Waals surface area contributed by atoms with Gasteiger partial charge in [-0.15, -0.1) is 11.3 Å². The molecule has 5 heteroatoms. The van der Waals surface area contributed by atoms with Crippen LogP contribution in [0.15, 0.2) is 36.4 Å². The van der Waals surface area contributed by atoms with Crippen molar-refractivity contribution in [3.8, 4) is 0 Å². The molecule has 2 fully saturated rings. The summed E-state index contributed by atoms with van der Waals surface area (Å²) >= 11 is 1.61. The summed E-state index contributed by atoms with van der Waals surface area (Å²) < 4.78 is 2.05. The van der Waals surface area contributed by atoms with Crippen molar-refractivity contribution < 1.29 is 4.79 Å². The highest BCUT2D eigenvalue weighted by atomic mass is 32.1. The van der Waals surface area contributed by atoms with E-state index in [2.05, 4.69) is 39.9 Å². The van der Waals surface area contributed by atoms with Gasteiger partial charge in [0, 0.05) is 17.5 Å². The number of fused-ring (bicyclic) bond motifs is 1. The van der Waals surface area contributed by atoms with Crippen molar-refractivity contribution >= 4 is 27.5 Å². The van der Waals surface area contributed by atoms with Crippen LogP contribution in [0, 0.1) is 6.92 Å². The molecule has 2 heterocycles. The third kappa shape index (κ3) is 3.18. The van der Waals surface area contributed by atoms with Crippen LogP contribution >= 0.6 is 11.3 Å². The molecule has 0 unspecified atom stereocenters. The Morgan fingerprint density at radius 3 is 2.56 bits per heavy atom. The van der Waals surface area contributed by atoms with Gasteiger partial charge in [-0.05, 0) is 44.2 Å². The van der Waals surface area contributed by atoms with E-state index in [9.17, 15) is 4.79 Å². The molecule has 0 radical (unpaired) electrons. The van der Waals surface area contributed by atoms with E-state index in [1.165, 1.54) is 44.1 Å². The lowest BCUT2D eigenvalue weighted by atomic mass is 10.2. The number of benzene rings is 1. The smallest absolute Gasteiger partial charge is 0.264 e. The SMILES string of the molecule is Cc1nn(Cc2ccccc2)c2sc(C(=O)N(C3CCCC3)C3CC3)cc12. The highest BCUT2D eigenvalue weighted by Crippen LogP contribution is 2.37. The Balaban J connectivity index is 1.47. The lowest BCUT2D eigenvalue weighted by Gasteiger charge is -2.28. The van der Waals surface area contributed by atoms with Crippen molar-refractivity contribution in [3.05, 3.63) is 52.5 Å². The summed E-state index contributed by atoms with van der Waals surface area (Å²) in [5.41, 5.74) is 2.24. The molecule has 0 spiro atoms. The van der Waals surface area contributed by atoms with Gasteiger partial charge in [0.05, 0.1) is 17.1 Å². The van der Waals surface area contributed by atoms with Gasteiger partial charge in [-0.1, -0.05) is 43.2 Å². The second-order valence-corrected chi connectivity index (χ2v) is 8.97. The third-order valence-electron chi connectivity index (χ3n) is 5.89. The number of carbonyl (C=O) groups is 1. The van der Waals surface area contributed by atoms with Crippen molar-refractivity contribution in [1.29, 1.82) is 0 Å². The largest absolute Gasteiger partial charge is 0.332 e. The Morgan fingerprint density at radius 1 is 1.15 bits per heavy atom. The first-order chi connectivity index (χ1) is 13.2. The summed E-state index contributed by atoms with van der Waals surface area (Å²) in [6.45, 7) is 2.79. The Kier molecular flexibility index (Phi) is 4.27. The van der Waals surface area contributed by atoms with Crippen LogP contribution in [-0.2, 0) is 6.54 Å². The fourth-order valence-corrected chi connectivity index (χ4v) is 5.48. The number of rotatable bonds is 5. The molecule has 27 heavy (non-hydrogen) atoms. The molecule has 140 valence electrons. The minimum absolute atomic E-state index is 0.247. The number of amides is 1. The van der Waals surface area contributed by atoms with Gasteiger partial charge in [0.25, 0.3) is 5.91 Å². The van der Waals surface area contributed by atoms with Crippen molar-refractivity contribution in [2.24, 2.45) is 0 Å². The standard InChI is InChI=1S/C22H25N3OS/c1-15-19-13-20(21(26)25(18-11-12-18)17-9-5-6-10-17)27-22(19)24(23-15)14-16-7-3-2-4-8-16/h2-4,7-8,13,17-18H,5-6,9-12,14H2,1H3. The Labute approximate surface area is 163 Å². The molecule has 2 aromatic heterocycles. The molecule has 1 aromatic carbocycles. The van der Waals surface area contributed by atoms with E-state index in [0.29, 0.717) is 12.1 Å². The van der Waals surface area contributed by atoms with Crippen molar-refractivity contribution in [3.63, 3.8) is 0 Å². The number of hydrogen-bond acceptors (Lipinski definition) is 3. The molecule has 4 nitrogen and oxygen atoms in total. The summed E-state index contributed by atoms with van der Waals surface area (Å²) in [5.74, 6) is 0.247. The summed E-state index contributed by atoms with van der Waals surface area (Å²) in [6.07, 6.45) is 7.22. The van der Waals surface area contributed by atoms with E-state index < -0.39 is 0 Å². The monoisotopic (exact) mass is 379 g/mol. The number of aryl methyl sites for hydroxylation is 1. The van der Waals surface area contributed by atoms with Gasteiger partial charge >= 0.3 is 0 Å². The van der Waals surface area contributed by atoms with E-state index in [1.54, 1.807) is 11.3 Å². The topological polar surface area (TPSA) is 38.1 Å². The molecule has 0 atom stereocenters. The van der Waals surface area contributed by atoms with Crippen LogP contribution in [0.25, 0.3) is 10.2 Å². The average Bonchev–Trinajstić information content (AvgIpc) is 3.08. The lowest BCUT2D eigenvalue weighted by molar-refractivity contribution is 0.0669. The van der Waals surface area contributed by atoms with Crippen molar-refractivity contribution in [1.82, 2.24) is 14.7 Å². The van der Waals surface area contributed by atoms with E-state index in [-0.39, 0.29) is 5.91 Å². The molecule has 2 aliphatic carbocycles. The summed E-state index contributed by atoms with van der Waals surface area (Å²) in [5, 5.41) is 5.84. The lowest BCUT2D eigenvalue weighted by Crippen LogP contribution is -2.40. The van der Waals surface area contributed by atoms with E-state index in [0.717, 1.165) is 27.3 Å². The zero-order chi connectivity index (χ0) is 18.4. The fourth-order valence-electron chi connectivity index (χ4n) is 4.37. The second-order valence-electron chi connectivity index (χ2n) is 7.94. The van der Waals surface area contributed by atoms with E-state index in [1.807, 2.05) is 13.0 Å². The molecule has 2 saturated carbocycles. The highest BCUT2D eigenvalue weighted by molar-refractivity contribution is 7.20. The van der Waals surface area contributed by atoms with Crippen LogP contribution in [0.4, 0.5) is 0 Å². The molecule has 1 amide bonds. The molecule has 0 saturated heterocycles. The number of thiophene rings is 1. The highest BCUT2D eigenvalue weighted by Gasteiger charge is 2.39. The molecule has 5 rings (SSSR count). The van der Waals surface area contributed by atoms with Gasteiger partial charge in [-0.3, -0.25) is 9.48 Å². The minimum Gasteiger partial charge on any atom is -0.332 e. The quantitative estimate of drug-likeness (QED) is 0.625. The molecule has 2 aliphatic rings. The van der Waals surface area contributed by atoms with Crippen molar-refractivity contribution in [2.75, 3.05) is 0 Å². The van der Waals surface area contributed by atoms with Gasteiger partial charge < -0.3 is 4.90 Å². The van der Waals surface area contributed by atoms with Gasteiger partial charge in [-0.2, -0.15) is 5.10 Å². The number of hydrogen-bond donors (Lipinski definition) is 0. The molecule has 3 aromatic rings. The average molecular weight is 380 g/mol. The second kappa shape index (κ2) is 6.79. The summed E-state index contributed by atoms with van der Waals surface area (Å²) in [4.78, 5) is 17.6. The van der Waals surface area contributed by atoms with Crippen LogP contribution in [-0.4, -0.2) is 32.7 Å². The molecular formula is C22H25N3OS. The first-order valence-electron chi connectivity index (χ1n) is 10.0. The maximum Gasteiger partial charge on any atom is 0.264 e. The summed E-state index contributed by atoms with van der Waals surface area (Å²) in [7, 11) is 0. The number of carbonyl (C=O) groups excluding carboxylic acids is 1. The Hall–Kier alpha value is -2.14. The zero-order valence-electron chi connectivity index (χ0n) is 15.7. The van der Waals surface area contributed by atoms with Gasteiger partial charge in [0.15, 0.2) is 0 Å². The minimum atomic E-state index is 0.247. The Morgan fingerprint density at radius 2 is 1.85 bits per heavy atom. The number of nitrogens with zero attached hydrogens (tertiary/aromatic N) is 3.